The Balaban J connectivity index is 2.15. The lowest BCUT2D eigenvalue weighted by molar-refractivity contribution is 0.112. The van der Waals surface area contributed by atoms with E-state index < -0.39 is 0 Å². The highest BCUT2D eigenvalue weighted by Crippen LogP contribution is 2.50. The molecule has 0 N–H and O–H groups in total. The van der Waals surface area contributed by atoms with Gasteiger partial charge in [-0.2, -0.15) is 0 Å². The van der Waals surface area contributed by atoms with Crippen LogP contribution in [0.1, 0.15) is 92.1 Å². The van der Waals surface area contributed by atoms with E-state index in [0.29, 0.717) is 15.2 Å². The van der Waals surface area contributed by atoms with Crippen LogP contribution >= 0.6 is 8.58 Å². The van der Waals surface area contributed by atoms with Gasteiger partial charge in [-0.15, -0.1) is 0 Å². The zero-order valence-corrected chi connectivity index (χ0v) is 23.5. The smallest absolute Gasteiger partial charge is 0.150 e. The van der Waals surface area contributed by atoms with Gasteiger partial charge in [-0.25, -0.2) is 0 Å². The highest BCUT2D eigenvalue weighted by atomic mass is 31.1. The average Bonchev–Trinajstić information content (AvgIpc) is 2.82. The fraction of sp³-hybridized carbons (Fsp3) is 0.406. The quantitative estimate of drug-likeness (QED) is 0.211. The number of carbonyl (C=O) groups is 1. The maximum absolute atomic E-state index is 12.0. The van der Waals surface area contributed by atoms with Gasteiger partial charge in [-0.05, 0) is 53.7 Å². The van der Waals surface area contributed by atoms with Gasteiger partial charge < -0.3 is 4.74 Å². The van der Waals surface area contributed by atoms with Crippen LogP contribution in [0.3, 0.4) is 0 Å². The Hall–Kier alpha value is -2.44. The van der Waals surface area contributed by atoms with Crippen LogP contribution in [-0.2, 0) is 17.2 Å². The highest BCUT2D eigenvalue weighted by Gasteiger charge is 2.33. The van der Waals surface area contributed by atoms with Gasteiger partial charge in [0.15, 0.2) is 6.29 Å². The van der Waals surface area contributed by atoms with E-state index in [0.717, 1.165) is 53.3 Å². The van der Waals surface area contributed by atoms with E-state index in [2.05, 4.69) is 90.1 Å². The first kappa shape index (κ1) is 27.2. The molecule has 2 unspecified atom stereocenters. The van der Waals surface area contributed by atoms with E-state index in [9.17, 15) is 4.79 Å². The zero-order chi connectivity index (χ0) is 25.6. The number of aryl methyl sites for hydroxylation is 2. The standard InChI is InChI=1S/C32H41O2P/c1-8-9-17-32(7,35-29-16-15-23(2)18-26(29)21-33)28-20-27(31(4,5)6)19-24(3)30(28)34-22-25-13-11-10-12-14-25/h10-16,18-21,35H,8-9,17,22H2,1-7H3. The summed E-state index contributed by atoms with van der Waals surface area (Å²) in [6, 6.07) is 21.3. The van der Waals surface area contributed by atoms with E-state index in [1.807, 2.05) is 19.1 Å². The molecule has 3 aromatic rings. The summed E-state index contributed by atoms with van der Waals surface area (Å²) >= 11 is 0. The number of hydrogen-bond donors (Lipinski definition) is 0. The fourth-order valence-corrected chi connectivity index (χ4v) is 6.18. The van der Waals surface area contributed by atoms with Crippen molar-refractivity contribution in [2.24, 2.45) is 0 Å². The first-order valence-electron chi connectivity index (χ1n) is 12.7. The second-order valence-corrected chi connectivity index (χ2v) is 12.9. The maximum Gasteiger partial charge on any atom is 0.150 e. The molecule has 3 rings (SSSR count). The number of unbranched alkanes of at least 4 members (excludes halogenated alkanes) is 1. The molecule has 0 fully saturated rings. The van der Waals surface area contributed by atoms with Crippen molar-refractivity contribution in [2.75, 3.05) is 0 Å². The van der Waals surface area contributed by atoms with Gasteiger partial charge in [0, 0.05) is 16.3 Å². The van der Waals surface area contributed by atoms with E-state index >= 15 is 0 Å². The minimum absolute atomic E-state index is 0.0318. The third kappa shape index (κ3) is 6.83. The molecule has 186 valence electrons. The summed E-state index contributed by atoms with van der Waals surface area (Å²) in [7, 11) is 0.470. The lowest BCUT2D eigenvalue weighted by Crippen LogP contribution is -2.24. The van der Waals surface area contributed by atoms with Gasteiger partial charge in [0.2, 0.25) is 0 Å². The molecule has 0 saturated carbocycles. The van der Waals surface area contributed by atoms with Gasteiger partial charge in [-0.1, -0.05) is 116 Å². The van der Waals surface area contributed by atoms with Crippen LogP contribution in [0.5, 0.6) is 5.75 Å². The Morgan fingerprint density at radius 2 is 1.66 bits per heavy atom. The zero-order valence-electron chi connectivity index (χ0n) is 22.5. The van der Waals surface area contributed by atoms with Gasteiger partial charge in [0.1, 0.15) is 12.4 Å². The molecule has 0 spiro atoms. The molecule has 3 heteroatoms. The Bertz CT molecular complexity index is 1140. The van der Waals surface area contributed by atoms with E-state index in [4.69, 9.17) is 4.74 Å². The second kappa shape index (κ2) is 11.5. The van der Waals surface area contributed by atoms with Crippen molar-refractivity contribution in [2.45, 2.75) is 84.9 Å². The van der Waals surface area contributed by atoms with Crippen molar-refractivity contribution in [1.82, 2.24) is 0 Å². The Morgan fingerprint density at radius 3 is 2.29 bits per heavy atom. The third-order valence-corrected chi connectivity index (χ3v) is 8.53. The van der Waals surface area contributed by atoms with Crippen LogP contribution in [0, 0.1) is 13.8 Å². The van der Waals surface area contributed by atoms with Gasteiger partial charge in [-0.3, -0.25) is 4.79 Å². The molecule has 0 saturated heterocycles. The van der Waals surface area contributed by atoms with Crippen molar-refractivity contribution in [3.63, 3.8) is 0 Å². The lowest BCUT2D eigenvalue weighted by Gasteiger charge is -2.35. The Kier molecular flexibility index (Phi) is 8.94. The first-order valence-corrected chi connectivity index (χ1v) is 13.7. The van der Waals surface area contributed by atoms with Gasteiger partial charge >= 0.3 is 0 Å². The molecule has 2 nitrogen and oxygen atoms in total. The fourth-order valence-electron chi connectivity index (χ4n) is 4.52. The molecule has 0 heterocycles. The highest BCUT2D eigenvalue weighted by molar-refractivity contribution is 7.48. The summed E-state index contributed by atoms with van der Waals surface area (Å²) in [5.41, 5.74) is 6.89. The van der Waals surface area contributed by atoms with Crippen LogP contribution in [0.2, 0.25) is 0 Å². The molecule has 3 aromatic carbocycles. The minimum atomic E-state index is -0.138. The van der Waals surface area contributed by atoms with E-state index in [1.165, 1.54) is 16.7 Å². The molecule has 0 aliphatic heterocycles. The number of aldehydes is 1. The van der Waals surface area contributed by atoms with Crippen LogP contribution in [0.25, 0.3) is 0 Å². The molecular weight excluding hydrogens is 447 g/mol. The molecule has 2 atom stereocenters. The maximum atomic E-state index is 12.0. The summed E-state index contributed by atoms with van der Waals surface area (Å²) < 4.78 is 6.60. The van der Waals surface area contributed by atoms with Crippen molar-refractivity contribution in [3.05, 3.63) is 94.0 Å². The summed E-state index contributed by atoms with van der Waals surface area (Å²) in [5, 5.41) is 0.998. The number of benzene rings is 3. The van der Waals surface area contributed by atoms with E-state index in [1.54, 1.807) is 0 Å². The number of hydrogen-bond acceptors (Lipinski definition) is 2. The molecule has 0 amide bonds. The van der Waals surface area contributed by atoms with Crippen LogP contribution < -0.4 is 10.0 Å². The molecule has 0 aromatic heterocycles. The molecule has 0 aliphatic carbocycles. The molecule has 0 radical (unpaired) electrons. The largest absolute Gasteiger partial charge is 0.488 e. The molecule has 0 aliphatic rings. The van der Waals surface area contributed by atoms with Crippen molar-refractivity contribution < 1.29 is 9.53 Å². The first-order chi connectivity index (χ1) is 16.6. The predicted octanol–water partition coefficient (Wildman–Crippen LogP) is 8.40. The Morgan fingerprint density at radius 1 is 0.943 bits per heavy atom. The summed E-state index contributed by atoms with van der Waals surface area (Å²) in [6.45, 7) is 16.2. The van der Waals surface area contributed by atoms with Crippen LogP contribution in [0.15, 0.2) is 60.7 Å². The third-order valence-electron chi connectivity index (χ3n) is 6.74. The second-order valence-electron chi connectivity index (χ2n) is 11.0. The monoisotopic (exact) mass is 488 g/mol. The van der Waals surface area contributed by atoms with Crippen LogP contribution in [0.4, 0.5) is 0 Å². The lowest BCUT2D eigenvalue weighted by atomic mass is 9.82. The van der Waals surface area contributed by atoms with Crippen molar-refractivity contribution in [3.8, 4) is 5.75 Å². The van der Waals surface area contributed by atoms with Crippen molar-refractivity contribution >= 4 is 20.2 Å². The molecule has 0 bridgehead atoms. The molecular formula is C32H41O2P. The predicted molar refractivity (Wildman–Crippen MR) is 152 cm³/mol. The average molecular weight is 489 g/mol. The minimum Gasteiger partial charge on any atom is -0.488 e. The van der Waals surface area contributed by atoms with E-state index in [-0.39, 0.29) is 10.6 Å². The Labute approximate surface area is 214 Å². The summed E-state index contributed by atoms with van der Waals surface area (Å²) in [6.07, 6.45) is 4.32. The summed E-state index contributed by atoms with van der Waals surface area (Å²) in [4.78, 5) is 12.0. The topological polar surface area (TPSA) is 26.3 Å². The number of rotatable bonds is 10. The van der Waals surface area contributed by atoms with Gasteiger partial charge in [0.05, 0.1) is 0 Å². The SMILES string of the molecule is CCCCC(C)(Pc1ccc(C)cc1C=O)c1cc(C(C)(C)C)cc(C)c1OCc1ccccc1. The molecule has 35 heavy (non-hydrogen) atoms. The van der Waals surface area contributed by atoms with Crippen LogP contribution in [-0.4, -0.2) is 6.29 Å². The normalized spacial score (nSPS) is 13.7. The number of ether oxygens (including phenoxy) is 1. The summed E-state index contributed by atoms with van der Waals surface area (Å²) in [5.74, 6) is 0.993. The number of carbonyl (C=O) groups excluding carboxylic acids is 1. The van der Waals surface area contributed by atoms with Crippen molar-refractivity contribution in [1.29, 1.82) is 0 Å². The van der Waals surface area contributed by atoms with Gasteiger partial charge in [0.25, 0.3) is 0 Å².